The van der Waals surface area contributed by atoms with Gasteiger partial charge in [-0.05, 0) is 18.2 Å². The number of methoxy groups -OCH3 is 1. The number of carbonyl (C=O) groups excluding carboxylic acids is 1. The average molecular weight is 293 g/mol. The Bertz CT molecular complexity index is 587. The molecule has 0 aliphatic heterocycles. The van der Waals surface area contributed by atoms with Crippen molar-refractivity contribution >= 4 is 11.6 Å². The van der Waals surface area contributed by atoms with Crippen molar-refractivity contribution in [2.24, 2.45) is 0 Å². The monoisotopic (exact) mass is 293 g/mol. The highest BCUT2D eigenvalue weighted by atomic mass is 19.1. The second kappa shape index (κ2) is 7.51. The van der Waals surface area contributed by atoms with Crippen molar-refractivity contribution in [1.29, 1.82) is 0 Å². The highest BCUT2D eigenvalue weighted by molar-refractivity contribution is 6.04. The molecular weight excluding hydrogens is 277 g/mol. The molecule has 21 heavy (non-hydrogen) atoms. The summed E-state index contributed by atoms with van der Waals surface area (Å²) in [5.41, 5.74) is 1.22. The van der Waals surface area contributed by atoms with Crippen LogP contribution in [0, 0.1) is 5.82 Å². The average Bonchev–Trinajstić information content (AvgIpc) is 2.98. The van der Waals surface area contributed by atoms with Crippen molar-refractivity contribution in [3.63, 3.8) is 0 Å². The standard InChI is InChI=1S/C14H16FN3O3/c1-20-4-5-21-9-11-6-10(2-3-13(11)15)14(19)18-12-7-16-17-8-12/h2-3,6-8H,4-5,9H2,1H3,(H,16,17)(H,18,19). The first-order chi connectivity index (χ1) is 10.2. The molecule has 0 aliphatic carbocycles. The molecule has 2 rings (SSSR count). The van der Waals surface area contributed by atoms with Gasteiger partial charge in [-0.25, -0.2) is 4.39 Å². The number of carbonyl (C=O) groups is 1. The van der Waals surface area contributed by atoms with E-state index in [9.17, 15) is 9.18 Å². The summed E-state index contributed by atoms with van der Waals surface area (Å²) in [4.78, 5) is 12.0. The predicted molar refractivity (Wildman–Crippen MR) is 74.5 cm³/mol. The molecule has 1 aromatic heterocycles. The lowest BCUT2D eigenvalue weighted by Crippen LogP contribution is -2.12. The lowest BCUT2D eigenvalue weighted by molar-refractivity contribution is 0.0604. The zero-order chi connectivity index (χ0) is 15.1. The molecule has 1 heterocycles. The maximum absolute atomic E-state index is 13.7. The van der Waals surface area contributed by atoms with Crippen LogP contribution in [-0.2, 0) is 16.1 Å². The van der Waals surface area contributed by atoms with Gasteiger partial charge >= 0.3 is 0 Å². The molecule has 0 saturated carbocycles. The summed E-state index contributed by atoms with van der Waals surface area (Å²) in [5, 5.41) is 8.96. The molecule has 0 fully saturated rings. The van der Waals surface area contributed by atoms with Gasteiger partial charge in [-0.15, -0.1) is 0 Å². The molecule has 0 saturated heterocycles. The van der Waals surface area contributed by atoms with Gasteiger partial charge in [0.25, 0.3) is 5.91 Å². The molecule has 2 aromatic rings. The number of halogens is 1. The minimum absolute atomic E-state index is 0.0853. The molecule has 112 valence electrons. The number of hydrogen-bond donors (Lipinski definition) is 2. The van der Waals surface area contributed by atoms with Crippen LogP contribution in [0.5, 0.6) is 0 Å². The SMILES string of the molecule is COCCOCc1cc(C(=O)Nc2cn[nH]c2)ccc1F. The number of ether oxygens (including phenoxy) is 2. The third-order valence-corrected chi connectivity index (χ3v) is 2.75. The predicted octanol–water partition coefficient (Wildman–Crippen LogP) is 1.96. The molecule has 0 atom stereocenters. The van der Waals surface area contributed by atoms with Gasteiger partial charge in [0, 0.05) is 24.4 Å². The van der Waals surface area contributed by atoms with E-state index in [2.05, 4.69) is 15.5 Å². The zero-order valence-electron chi connectivity index (χ0n) is 11.6. The van der Waals surface area contributed by atoms with E-state index in [0.29, 0.717) is 30.0 Å². The summed E-state index contributed by atoms with van der Waals surface area (Å²) < 4.78 is 23.8. The maximum atomic E-state index is 13.7. The first kappa shape index (κ1) is 15.1. The summed E-state index contributed by atoms with van der Waals surface area (Å²) in [6.07, 6.45) is 3.03. The van der Waals surface area contributed by atoms with E-state index < -0.39 is 5.82 Å². The van der Waals surface area contributed by atoms with Crippen LogP contribution < -0.4 is 5.32 Å². The van der Waals surface area contributed by atoms with Crippen molar-refractivity contribution in [2.45, 2.75) is 6.61 Å². The fourth-order valence-electron chi connectivity index (χ4n) is 1.67. The van der Waals surface area contributed by atoms with E-state index in [0.717, 1.165) is 0 Å². The van der Waals surface area contributed by atoms with Crippen LogP contribution in [0.2, 0.25) is 0 Å². The van der Waals surface area contributed by atoms with Gasteiger partial charge in [0.15, 0.2) is 0 Å². The van der Waals surface area contributed by atoms with E-state index in [1.165, 1.54) is 24.4 Å². The normalized spacial score (nSPS) is 10.6. The van der Waals surface area contributed by atoms with Gasteiger partial charge in [0.05, 0.1) is 31.7 Å². The van der Waals surface area contributed by atoms with Gasteiger partial charge < -0.3 is 14.8 Å². The molecule has 6 nitrogen and oxygen atoms in total. The fraction of sp³-hybridized carbons (Fsp3) is 0.286. The number of rotatable bonds is 7. The number of hydrogen-bond acceptors (Lipinski definition) is 4. The van der Waals surface area contributed by atoms with Gasteiger partial charge in [0.2, 0.25) is 0 Å². The summed E-state index contributed by atoms with van der Waals surface area (Å²) >= 11 is 0. The van der Waals surface area contributed by atoms with Gasteiger partial charge in [-0.2, -0.15) is 5.10 Å². The quantitative estimate of drug-likeness (QED) is 0.765. The van der Waals surface area contributed by atoms with E-state index >= 15 is 0 Å². The third kappa shape index (κ3) is 4.37. The van der Waals surface area contributed by atoms with Crippen LogP contribution in [0.25, 0.3) is 0 Å². The summed E-state index contributed by atoms with van der Waals surface area (Å²) in [7, 11) is 1.56. The highest BCUT2D eigenvalue weighted by Crippen LogP contribution is 2.14. The van der Waals surface area contributed by atoms with Crippen molar-refractivity contribution in [1.82, 2.24) is 10.2 Å². The summed E-state index contributed by atoms with van der Waals surface area (Å²) in [6, 6.07) is 4.14. The van der Waals surface area contributed by atoms with Gasteiger partial charge in [0.1, 0.15) is 5.82 Å². The van der Waals surface area contributed by atoms with Crippen LogP contribution in [0.4, 0.5) is 10.1 Å². The summed E-state index contributed by atoms with van der Waals surface area (Å²) in [5.74, 6) is -0.748. The zero-order valence-corrected chi connectivity index (χ0v) is 11.6. The Morgan fingerprint density at radius 1 is 1.43 bits per heavy atom. The third-order valence-electron chi connectivity index (χ3n) is 2.75. The molecule has 7 heteroatoms. The fourth-order valence-corrected chi connectivity index (χ4v) is 1.67. The molecule has 2 N–H and O–H groups in total. The Labute approximate surface area is 121 Å². The number of aromatic nitrogens is 2. The smallest absolute Gasteiger partial charge is 0.255 e. The number of nitrogens with zero attached hydrogens (tertiary/aromatic N) is 1. The topological polar surface area (TPSA) is 76.2 Å². The number of H-pyrrole nitrogens is 1. The second-order valence-electron chi connectivity index (χ2n) is 4.29. The molecule has 0 aliphatic rings. The maximum Gasteiger partial charge on any atom is 0.255 e. The number of nitrogens with one attached hydrogen (secondary N) is 2. The first-order valence-electron chi connectivity index (χ1n) is 6.36. The summed E-state index contributed by atoms with van der Waals surface area (Å²) in [6.45, 7) is 0.881. The Kier molecular flexibility index (Phi) is 5.42. The number of aromatic amines is 1. The van der Waals surface area contributed by atoms with Crippen LogP contribution in [0.3, 0.4) is 0 Å². The largest absolute Gasteiger partial charge is 0.382 e. The first-order valence-corrected chi connectivity index (χ1v) is 6.36. The minimum Gasteiger partial charge on any atom is -0.382 e. The number of anilines is 1. The lowest BCUT2D eigenvalue weighted by atomic mass is 10.1. The van der Waals surface area contributed by atoms with Crippen LogP contribution in [-0.4, -0.2) is 36.4 Å². The molecule has 1 amide bonds. The lowest BCUT2D eigenvalue weighted by Gasteiger charge is -2.08. The van der Waals surface area contributed by atoms with Crippen molar-refractivity contribution in [2.75, 3.05) is 25.6 Å². The molecule has 0 spiro atoms. The molecule has 0 radical (unpaired) electrons. The number of amides is 1. The minimum atomic E-state index is -0.410. The van der Waals surface area contributed by atoms with E-state index in [4.69, 9.17) is 9.47 Å². The Morgan fingerprint density at radius 2 is 2.29 bits per heavy atom. The highest BCUT2D eigenvalue weighted by Gasteiger charge is 2.10. The van der Waals surface area contributed by atoms with E-state index in [-0.39, 0.29) is 12.5 Å². The van der Waals surface area contributed by atoms with Crippen LogP contribution in [0.1, 0.15) is 15.9 Å². The second-order valence-corrected chi connectivity index (χ2v) is 4.29. The molecule has 1 aromatic carbocycles. The van der Waals surface area contributed by atoms with Crippen LogP contribution >= 0.6 is 0 Å². The van der Waals surface area contributed by atoms with Crippen LogP contribution in [0.15, 0.2) is 30.6 Å². The van der Waals surface area contributed by atoms with Crippen molar-refractivity contribution in [3.05, 3.63) is 47.5 Å². The Hall–Kier alpha value is -2.25. The number of benzene rings is 1. The molecule has 0 unspecified atom stereocenters. The van der Waals surface area contributed by atoms with Crippen molar-refractivity contribution in [3.8, 4) is 0 Å². The Balaban J connectivity index is 2.01. The van der Waals surface area contributed by atoms with E-state index in [1.807, 2.05) is 0 Å². The Morgan fingerprint density at radius 3 is 3.00 bits per heavy atom. The van der Waals surface area contributed by atoms with Gasteiger partial charge in [-0.1, -0.05) is 0 Å². The van der Waals surface area contributed by atoms with Crippen molar-refractivity contribution < 1.29 is 18.7 Å². The molecular formula is C14H16FN3O3. The van der Waals surface area contributed by atoms with E-state index in [1.54, 1.807) is 13.3 Å². The van der Waals surface area contributed by atoms with Gasteiger partial charge in [-0.3, -0.25) is 9.89 Å². The molecule has 0 bridgehead atoms.